The van der Waals surface area contributed by atoms with Crippen LogP contribution in [-0.4, -0.2) is 25.7 Å². The van der Waals surface area contributed by atoms with Crippen LogP contribution in [0, 0.1) is 11.6 Å². The first kappa shape index (κ1) is 27.2. The number of amides is 1. The Morgan fingerprint density at radius 1 is 0.951 bits per heavy atom. The molecule has 5 aromatic rings. The maximum atomic E-state index is 14.8. The van der Waals surface area contributed by atoms with Crippen LogP contribution in [0.2, 0.25) is 0 Å². The van der Waals surface area contributed by atoms with Crippen molar-refractivity contribution in [3.05, 3.63) is 120 Å². The summed E-state index contributed by atoms with van der Waals surface area (Å²) in [6.07, 6.45) is -2.83. The van der Waals surface area contributed by atoms with Gasteiger partial charge in [-0.2, -0.15) is 23.3 Å². The summed E-state index contributed by atoms with van der Waals surface area (Å²) in [5.41, 5.74) is -1.42. The van der Waals surface area contributed by atoms with Gasteiger partial charge in [-0.15, -0.1) is 0 Å². The molecule has 0 saturated heterocycles. The lowest BCUT2D eigenvalue weighted by Gasteiger charge is -2.13. The van der Waals surface area contributed by atoms with Gasteiger partial charge in [0, 0.05) is 30.6 Å². The van der Waals surface area contributed by atoms with Crippen LogP contribution in [-0.2, 0) is 12.7 Å². The van der Waals surface area contributed by atoms with Gasteiger partial charge in [-0.25, -0.2) is 18.4 Å². The van der Waals surface area contributed by atoms with Crippen LogP contribution in [0.25, 0.3) is 5.69 Å². The molecule has 2 N–H and O–H groups in total. The van der Waals surface area contributed by atoms with Gasteiger partial charge in [-0.3, -0.25) is 4.79 Å². The topological polar surface area (TPSA) is 94.0 Å². The van der Waals surface area contributed by atoms with E-state index in [1.54, 1.807) is 0 Å². The zero-order valence-electron chi connectivity index (χ0n) is 20.9. The van der Waals surface area contributed by atoms with Gasteiger partial charge in [0.25, 0.3) is 5.91 Å². The van der Waals surface area contributed by atoms with Crippen LogP contribution in [0.3, 0.4) is 0 Å². The second-order valence-corrected chi connectivity index (χ2v) is 8.55. The summed E-state index contributed by atoms with van der Waals surface area (Å²) in [6.45, 7) is 0.450. The molecule has 41 heavy (non-hydrogen) atoms. The first-order valence-electron chi connectivity index (χ1n) is 12.0. The van der Waals surface area contributed by atoms with Crippen molar-refractivity contribution >= 4 is 17.5 Å². The van der Waals surface area contributed by atoms with Crippen molar-refractivity contribution in [1.29, 1.82) is 0 Å². The molecule has 0 atom stereocenters. The SMILES string of the molecule is O=C(Nc1ccc(Oc2ccnc(NCc3ccccc3)n2)c(F)c1)c1cnn(-c2ccc(F)cc2)c1C(F)(F)F. The minimum atomic E-state index is -4.98. The fraction of sp³-hybridized carbons (Fsp3) is 0.0714. The minimum absolute atomic E-state index is 0.0364. The number of ether oxygens (including phenoxy) is 1. The molecule has 0 unspecified atom stereocenters. The van der Waals surface area contributed by atoms with E-state index in [1.807, 2.05) is 30.3 Å². The number of hydrogen-bond donors (Lipinski definition) is 2. The zero-order chi connectivity index (χ0) is 29.0. The first-order valence-corrected chi connectivity index (χ1v) is 12.0. The summed E-state index contributed by atoms with van der Waals surface area (Å²) in [5.74, 6) is -2.69. The number of hydrogen-bond acceptors (Lipinski definition) is 6. The second-order valence-electron chi connectivity index (χ2n) is 8.55. The molecule has 208 valence electrons. The van der Waals surface area contributed by atoms with Gasteiger partial charge >= 0.3 is 6.18 Å². The maximum absolute atomic E-state index is 14.8. The Morgan fingerprint density at radius 3 is 2.41 bits per heavy atom. The fourth-order valence-electron chi connectivity index (χ4n) is 3.80. The molecule has 0 fully saturated rings. The Bertz CT molecular complexity index is 1670. The number of rotatable bonds is 8. The smallest absolute Gasteiger partial charge is 0.434 e. The lowest BCUT2D eigenvalue weighted by Crippen LogP contribution is -2.20. The molecule has 2 aromatic heterocycles. The third-order valence-corrected chi connectivity index (χ3v) is 5.68. The molecule has 0 bridgehead atoms. The fourth-order valence-corrected chi connectivity index (χ4v) is 3.80. The number of alkyl halides is 3. The summed E-state index contributed by atoms with van der Waals surface area (Å²) in [5, 5.41) is 8.93. The van der Waals surface area contributed by atoms with E-state index in [1.165, 1.54) is 24.4 Å². The summed E-state index contributed by atoms with van der Waals surface area (Å²) < 4.78 is 75.7. The molecule has 0 aliphatic rings. The highest BCUT2D eigenvalue weighted by Crippen LogP contribution is 2.34. The van der Waals surface area contributed by atoms with E-state index in [-0.39, 0.29) is 29.0 Å². The number of benzene rings is 3. The molecule has 0 spiro atoms. The van der Waals surface area contributed by atoms with E-state index in [0.717, 1.165) is 42.1 Å². The van der Waals surface area contributed by atoms with Crippen molar-refractivity contribution in [2.45, 2.75) is 12.7 Å². The van der Waals surface area contributed by atoms with Gasteiger partial charge in [-0.05, 0) is 42.0 Å². The Kier molecular flexibility index (Phi) is 7.59. The summed E-state index contributed by atoms with van der Waals surface area (Å²) in [6, 6.07) is 18.4. The molecule has 0 saturated carbocycles. The van der Waals surface area contributed by atoms with Crippen molar-refractivity contribution in [3.63, 3.8) is 0 Å². The molecule has 1 amide bonds. The number of aromatic nitrogens is 4. The Balaban J connectivity index is 1.30. The average molecular weight is 566 g/mol. The second kappa shape index (κ2) is 11.4. The van der Waals surface area contributed by atoms with E-state index >= 15 is 0 Å². The molecule has 2 heterocycles. The number of carbonyl (C=O) groups excluding carboxylic acids is 1. The van der Waals surface area contributed by atoms with Crippen LogP contribution in [0.1, 0.15) is 21.6 Å². The van der Waals surface area contributed by atoms with E-state index in [4.69, 9.17) is 4.74 Å². The van der Waals surface area contributed by atoms with Gasteiger partial charge in [-0.1, -0.05) is 30.3 Å². The van der Waals surface area contributed by atoms with Crippen molar-refractivity contribution in [2.24, 2.45) is 0 Å². The highest BCUT2D eigenvalue weighted by Gasteiger charge is 2.40. The average Bonchev–Trinajstić information content (AvgIpc) is 3.41. The van der Waals surface area contributed by atoms with Gasteiger partial charge in [0.05, 0.1) is 17.4 Å². The molecule has 0 radical (unpaired) electrons. The minimum Gasteiger partial charge on any atom is -0.436 e. The lowest BCUT2D eigenvalue weighted by atomic mass is 10.2. The monoisotopic (exact) mass is 566 g/mol. The molecule has 13 heteroatoms. The molecular weight excluding hydrogens is 547 g/mol. The van der Waals surface area contributed by atoms with Crippen molar-refractivity contribution in [1.82, 2.24) is 19.7 Å². The quantitative estimate of drug-likeness (QED) is 0.205. The molecule has 8 nitrogen and oxygen atoms in total. The number of nitrogens with zero attached hydrogens (tertiary/aromatic N) is 4. The van der Waals surface area contributed by atoms with Crippen LogP contribution < -0.4 is 15.4 Å². The first-order chi connectivity index (χ1) is 19.7. The van der Waals surface area contributed by atoms with Crippen molar-refractivity contribution < 1.29 is 31.5 Å². The van der Waals surface area contributed by atoms with E-state index in [0.29, 0.717) is 11.2 Å². The predicted molar refractivity (Wildman–Crippen MR) is 139 cm³/mol. The van der Waals surface area contributed by atoms with Crippen molar-refractivity contribution in [3.8, 4) is 17.3 Å². The summed E-state index contributed by atoms with van der Waals surface area (Å²) in [4.78, 5) is 21.0. The highest BCUT2D eigenvalue weighted by atomic mass is 19.4. The molecule has 5 rings (SSSR count). The molecule has 0 aliphatic carbocycles. The Labute approximate surface area is 229 Å². The van der Waals surface area contributed by atoms with Gasteiger partial charge in [0.15, 0.2) is 17.3 Å². The standard InChI is InChI=1S/C28H19F5N6O2/c29-18-6-9-20(10-7-18)39-25(28(31,32)33)21(16-36-39)26(40)37-19-8-11-23(22(30)14-19)41-24-12-13-34-27(38-24)35-15-17-4-2-1-3-5-17/h1-14,16H,15H2,(H,37,40)(H,34,35,38). The van der Waals surface area contributed by atoms with Gasteiger partial charge in [0.2, 0.25) is 11.8 Å². The van der Waals surface area contributed by atoms with Gasteiger partial charge < -0.3 is 15.4 Å². The lowest BCUT2D eigenvalue weighted by molar-refractivity contribution is -0.143. The Morgan fingerprint density at radius 2 is 1.71 bits per heavy atom. The predicted octanol–water partition coefficient (Wildman–Crippen LogP) is 6.62. The Hall–Kier alpha value is -5.33. The van der Waals surface area contributed by atoms with E-state index < -0.39 is 35.0 Å². The van der Waals surface area contributed by atoms with E-state index in [9.17, 15) is 26.7 Å². The number of halogens is 5. The van der Waals surface area contributed by atoms with Crippen molar-refractivity contribution in [2.75, 3.05) is 10.6 Å². The molecular formula is C28H19F5N6O2. The van der Waals surface area contributed by atoms with Crippen LogP contribution >= 0.6 is 0 Å². The van der Waals surface area contributed by atoms with E-state index in [2.05, 4.69) is 25.7 Å². The third kappa shape index (κ3) is 6.46. The number of nitrogens with one attached hydrogen (secondary N) is 2. The van der Waals surface area contributed by atoms with Crippen LogP contribution in [0.5, 0.6) is 11.6 Å². The maximum Gasteiger partial charge on any atom is 0.434 e. The zero-order valence-corrected chi connectivity index (χ0v) is 20.9. The van der Waals surface area contributed by atoms with Gasteiger partial charge in [0.1, 0.15) is 5.82 Å². The third-order valence-electron chi connectivity index (χ3n) is 5.68. The van der Waals surface area contributed by atoms with Crippen LogP contribution in [0.15, 0.2) is 91.3 Å². The number of anilines is 2. The molecule has 0 aliphatic heterocycles. The van der Waals surface area contributed by atoms with Crippen LogP contribution in [0.4, 0.5) is 33.6 Å². The molecule has 3 aromatic carbocycles. The summed E-state index contributed by atoms with van der Waals surface area (Å²) in [7, 11) is 0. The summed E-state index contributed by atoms with van der Waals surface area (Å²) >= 11 is 0. The number of carbonyl (C=O) groups is 1. The largest absolute Gasteiger partial charge is 0.436 e. The normalized spacial score (nSPS) is 11.2. The highest BCUT2D eigenvalue weighted by molar-refractivity contribution is 6.05.